The molecule has 128 valence electrons. The average molecular weight is 325 g/mol. The summed E-state index contributed by atoms with van der Waals surface area (Å²) < 4.78 is 7.50. The predicted molar refractivity (Wildman–Crippen MR) is 95.1 cm³/mol. The molecule has 0 saturated heterocycles. The summed E-state index contributed by atoms with van der Waals surface area (Å²) in [7, 11) is 3.83. The molecule has 4 heteroatoms. The number of hydrogen-bond donors (Lipinski definition) is 1. The maximum absolute atomic E-state index is 5.41. The van der Waals surface area contributed by atoms with Crippen LogP contribution in [-0.4, -0.2) is 16.9 Å². The molecule has 0 aliphatic heterocycles. The number of benzene rings is 1. The van der Waals surface area contributed by atoms with Crippen LogP contribution in [0.25, 0.3) is 0 Å². The molecule has 0 bridgehead atoms. The van der Waals surface area contributed by atoms with Crippen LogP contribution in [0.3, 0.4) is 0 Å². The standard InChI is InChI=1S/C20H27N3O/c1-23-19(17-8-3-4-9-18(17)22-23)13-21-20(14-10-11-14)15-6-5-7-16(12-15)24-2/h5-7,12,14,20-21H,3-4,8-11,13H2,1-2H3/t20-/m0/s1. The van der Waals surface area contributed by atoms with Crippen LogP contribution in [0, 0.1) is 5.92 Å². The Balaban J connectivity index is 1.53. The number of methoxy groups -OCH3 is 1. The van der Waals surface area contributed by atoms with Crippen molar-refractivity contribution in [1.82, 2.24) is 15.1 Å². The second-order valence-electron chi connectivity index (χ2n) is 7.18. The summed E-state index contributed by atoms with van der Waals surface area (Å²) >= 11 is 0. The van der Waals surface area contributed by atoms with Gasteiger partial charge in [-0.1, -0.05) is 12.1 Å². The largest absolute Gasteiger partial charge is 0.497 e. The van der Waals surface area contributed by atoms with E-state index in [1.165, 1.54) is 54.6 Å². The molecule has 24 heavy (non-hydrogen) atoms. The number of fused-ring (bicyclic) bond motifs is 1. The van der Waals surface area contributed by atoms with E-state index in [0.717, 1.165) is 24.6 Å². The van der Waals surface area contributed by atoms with Crippen molar-refractivity contribution in [1.29, 1.82) is 0 Å². The van der Waals surface area contributed by atoms with E-state index in [1.54, 1.807) is 7.11 Å². The van der Waals surface area contributed by atoms with Gasteiger partial charge in [0.2, 0.25) is 0 Å². The molecule has 4 rings (SSSR count). The first kappa shape index (κ1) is 15.7. The highest BCUT2D eigenvalue weighted by atomic mass is 16.5. The van der Waals surface area contributed by atoms with E-state index >= 15 is 0 Å². The molecule has 0 radical (unpaired) electrons. The summed E-state index contributed by atoms with van der Waals surface area (Å²) in [6.07, 6.45) is 7.55. The molecule has 2 aliphatic carbocycles. The van der Waals surface area contributed by atoms with Gasteiger partial charge in [0, 0.05) is 19.6 Å². The Hall–Kier alpha value is -1.81. The number of rotatable bonds is 6. The fourth-order valence-corrected chi connectivity index (χ4v) is 4.00. The monoisotopic (exact) mass is 325 g/mol. The third-order valence-electron chi connectivity index (χ3n) is 5.48. The highest BCUT2D eigenvalue weighted by Gasteiger charge is 2.32. The number of hydrogen-bond acceptors (Lipinski definition) is 3. The van der Waals surface area contributed by atoms with Gasteiger partial charge in [-0.2, -0.15) is 5.10 Å². The maximum Gasteiger partial charge on any atom is 0.119 e. The highest BCUT2D eigenvalue weighted by Crippen LogP contribution is 2.42. The Labute approximate surface area is 144 Å². The minimum atomic E-state index is 0.411. The lowest BCUT2D eigenvalue weighted by molar-refractivity contribution is 0.411. The van der Waals surface area contributed by atoms with E-state index in [9.17, 15) is 0 Å². The molecule has 1 aromatic carbocycles. The fraction of sp³-hybridized carbons (Fsp3) is 0.550. The van der Waals surface area contributed by atoms with Crippen molar-refractivity contribution in [3.05, 3.63) is 46.8 Å². The molecule has 2 aliphatic rings. The van der Waals surface area contributed by atoms with Gasteiger partial charge in [-0.3, -0.25) is 4.68 Å². The highest BCUT2D eigenvalue weighted by molar-refractivity contribution is 5.32. The van der Waals surface area contributed by atoms with Crippen LogP contribution in [0.15, 0.2) is 24.3 Å². The minimum absolute atomic E-state index is 0.411. The van der Waals surface area contributed by atoms with Gasteiger partial charge >= 0.3 is 0 Å². The summed E-state index contributed by atoms with van der Waals surface area (Å²) in [6, 6.07) is 8.92. The van der Waals surface area contributed by atoms with Gasteiger partial charge in [-0.05, 0) is 67.7 Å². The van der Waals surface area contributed by atoms with E-state index in [-0.39, 0.29) is 0 Å². The van der Waals surface area contributed by atoms with Crippen LogP contribution < -0.4 is 10.1 Å². The third-order valence-corrected chi connectivity index (χ3v) is 5.48. The van der Waals surface area contributed by atoms with E-state index in [2.05, 4.69) is 35.2 Å². The van der Waals surface area contributed by atoms with Crippen molar-refractivity contribution in [2.75, 3.05) is 7.11 Å². The summed E-state index contributed by atoms with van der Waals surface area (Å²) in [6.45, 7) is 0.900. The Morgan fingerprint density at radius 2 is 2.12 bits per heavy atom. The summed E-state index contributed by atoms with van der Waals surface area (Å²) in [4.78, 5) is 0. The average Bonchev–Trinajstić information content (AvgIpc) is 3.39. The smallest absolute Gasteiger partial charge is 0.119 e. The normalized spacial score (nSPS) is 18.2. The first-order valence-electron chi connectivity index (χ1n) is 9.17. The van der Waals surface area contributed by atoms with Gasteiger partial charge in [0.1, 0.15) is 5.75 Å². The molecular formula is C20H27N3O. The van der Waals surface area contributed by atoms with Crippen molar-refractivity contribution >= 4 is 0 Å². The molecular weight excluding hydrogens is 298 g/mol. The van der Waals surface area contributed by atoms with Gasteiger partial charge in [-0.15, -0.1) is 0 Å². The molecule has 1 heterocycles. The molecule has 0 amide bonds. The topological polar surface area (TPSA) is 39.1 Å². The zero-order chi connectivity index (χ0) is 16.5. The summed E-state index contributed by atoms with van der Waals surface area (Å²) in [5.74, 6) is 1.69. The van der Waals surface area contributed by atoms with E-state index < -0.39 is 0 Å². The molecule has 0 unspecified atom stereocenters. The van der Waals surface area contributed by atoms with Crippen LogP contribution in [-0.2, 0) is 26.4 Å². The number of ether oxygens (including phenoxy) is 1. The zero-order valence-corrected chi connectivity index (χ0v) is 14.7. The minimum Gasteiger partial charge on any atom is -0.497 e. The van der Waals surface area contributed by atoms with E-state index in [1.807, 2.05) is 6.07 Å². The van der Waals surface area contributed by atoms with Crippen LogP contribution in [0.1, 0.15) is 54.2 Å². The molecule has 1 fully saturated rings. The van der Waals surface area contributed by atoms with Gasteiger partial charge in [0.25, 0.3) is 0 Å². The Kier molecular flexibility index (Phi) is 4.31. The fourth-order valence-electron chi connectivity index (χ4n) is 4.00. The number of aromatic nitrogens is 2. The van der Waals surface area contributed by atoms with Crippen LogP contribution in [0.4, 0.5) is 0 Å². The van der Waals surface area contributed by atoms with Gasteiger partial charge in [0.05, 0.1) is 18.5 Å². The van der Waals surface area contributed by atoms with Crippen molar-refractivity contribution in [2.45, 2.75) is 51.1 Å². The summed E-state index contributed by atoms with van der Waals surface area (Å²) in [5, 5.41) is 8.57. The SMILES string of the molecule is COc1cccc([C@@H](NCc2c3c(nn2C)CCCC3)C2CC2)c1. The van der Waals surface area contributed by atoms with E-state index in [0.29, 0.717) is 6.04 Å². The van der Waals surface area contributed by atoms with Crippen molar-refractivity contribution < 1.29 is 4.74 Å². The van der Waals surface area contributed by atoms with Crippen molar-refractivity contribution in [3.8, 4) is 5.75 Å². The lowest BCUT2D eigenvalue weighted by Gasteiger charge is -2.20. The first-order chi connectivity index (χ1) is 11.8. The number of nitrogens with one attached hydrogen (secondary N) is 1. The Morgan fingerprint density at radius 1 is 1.29 bits per heavy atom. The van der Waals surface area contributed by atoms with Crippen molar-refractivity contribution in [3.63, 3.8) is 0 Å². The van der Waals surface area contributed by atoms with Crippen molar-refractivity contribution in [2.24, 2.45) is 13.0 Å². The Morgan fingerprint density at radius 3 is 2.92 bits per heavy atom. The predicted octanol–water partition coefficient (Wildman–Crippen LogP) is 3.55. The Bertz CT molecular complexity index is 718. The molecule has 1 N–H and O–H groups in total. The maximum atomic E-state index is 5.41. The van der Waals surface area contributed by atoms with Gasteiger partial charge in [-0.25, -0.2) is 0 Å². The second kappa shape index (κ2) is 6.60. The number of nitrogens with zero attached hydrogens (tertiary/aromatic N) is 2. The summed E-state index contributed by atoms with van der Waals surface area (Å²) in [5.41, 5.74) is 5.53. The van der Waals surface area contributed by atoms with Crippen LogP contribution in [0.2, 0.25) is 0 Å². The van der Waals surface area contributed by atoms with Gasteiger partial charge < -0.3 is 10.1 Å². The van der Waals surface area contributed by atoms with Crippen LogP contribution in [0.5, 0.6) is 5.75 Å². The first-order valence-corrected chi connectivity index (χ1v) is 9.17. The third kappa shape index (κ3) is 3.07. The number of aryl methyl sites for hydroxylation is 2. The molecule has 1 aromatic heterocycles. The van der Waals surface area contributed by atoms with E-state index in [4.69, 9.17) is 9.84 Å². The molecule has 1 saturated carbocycles. The molecule has 2 aromatic rings. The lowest BCUT2D eigenvalue weighted by atomic mass is 9.95. The zero-order valence-electron chi connectivity index (χ0n) is 14.7. The quantitative estimate of drug-likeness (QED) is 0.883. The molecule has 1 atom stereocenters. The molecule has 4 nitrogen and oxygen atoms in total. The van der Waals surface area contributed by atoms with Gasteiger partial charge in [0.15, 0.2) is 0 Å². The van der Waals surface area contributed by atoms with Crippen LogP contribution >= 0.6 is 0 Å². The second-order valence-corrected chi connectivity index (χ2v) is 7.18. The molecule has 0 spiro atoms. The lowest BCUT2D eigenvalue weighted by Crippen LogP contribution is -2.24.